The summed E-state index contributed by atoms with van der Waals surface area (Å²) in [6.45, 7) is 9.43. The summed E-state index contributed by atoms with van der Waals surface area (Å²) in [5.41, 5.74) is 0. The summed E-state index contributed by atoms with van der Waals surface area (Å²) < 4.78 is 0. The van der Waals surface area contributed by atoms with E-state index in [1.807, 2.05) is 6.92 Å². The monoisotopic (exact) mass is 142 g/mol. The first kappa shape index (κ1) is 9.47. The highest BCUT2D eigenvalue weighted by Crippen LogP contribution is 1.97. The Morgan fingerprint density at radius 1 is 1.40 bits per heavy atom. The lowest BCUT2D eigenvalue weighted by Gasteiger charge is -2.14. The first-order valence-corrected chi connectivity index (χ1v) is 3.92. The lowest BCUT2D eigenvalue weighted by atomic mass is 10.1. The third-order valence-corrected chi connectivity index (χ3v) is 1.61. The third-order valence-electron chi connectivity index (χ3n) is 1.61. The second-order valence-electron chi connectivity index (χ2n) is 2.83. The predicted molar refractivity (Wildman–Crippen MR) is 46.5 cm³/mol. The molecule has 0 aliphatic heterocycles. The van der Waals surface area contributed by atoms with E-state index in [0.717, 1.165) is 6.54 Å². The van der Waals surface area contributed by atoms with Crippen LogP contribution in [-0.4, -0.2) is 18.9 Å². The van der Waals surface area contributed by atoms with Crippen LogP contribution in [0.3, 0.4) is 0 Å². The van der Waals surface area contributed by atoms with E-state index in [4.69, 9.17) is 0 Å². The number of aliphatic imine (C=N–C) groups is 1. The van der Waals surface area contributed by atoms with Gasteiger partial charge in [-0.2, -0.15) is 0 Å². The van der Waals surface area contributed by atoms with E-state index in [1.54, 1.807) is 6.34 Å². The largest absolute Gasteiger partial charge is 0.374 e. The molecule has 0 aliphatic carbocycles. The van der Waals surface area contributed by atoms with E-state index < -0.39 is 0 Å². The van der Waals surface area contributed by atoms with Crippen molar-refractivity contribution in [2.45, 2.75) is 33.7 Å². The van der Waals surface area contributed by atoms with Gasteiger partial charge in [0.25, 0.3) is 0 Å². The van der Waals surface area contributed by atoms with Crippen molar-refractivity contribution in [1.29, 1.82) is 0 Å². The van der Waals surface area contributed by atoms with Gasteiger partial charge in [0.1, 0.15) is 0 Å². The fourth-order valence-electron chi connectivity index (χ4n) is 0.454. The van der Waals surface area contributed by atoms with E-state index in [1.165, 1.54) is 0 Å². The Bertz CT molecular complexity index is 97.4. The van der Waals surface area contributed by atoms with Crippen LogP contribution in [0.1, 0.15) is 27.7 Å². The number of hydrogen-bond acceptors (Lipinski definition) is 1. The highest BCUT2D eigenvalue weighted by Gasteiger charge is 2.01. The van der Waals surface area contributed by atoms with Gasteiger partial charge in [-0.05, 0) is 19.8 Å². The molecule has 0 spiro atoms. The molecule has 0 rings (SSSR count). The van der Waals surface area contributed by atoms with Gasteiger partial charge in [0.05, 0.1) is 6.34 Å². The molecule has 0 aromatic rings. The van der Waals surface area contributed by atoms with Crippen molar-refractivity contribution in [3.8, 4) is 0 Å². The number of nitrogens with one attached hydrogen (secondary N) is 1. The van der Waals surface area contributed by atoms with Gasteiger partial charge < -0.3 is 5.32 Å². The molecule has 1 unspecified atom stereocenters. The molecule has 0 aromatic heterocycles. The summed E-state index contributed by atoms with van der Waals surface area (Å²) in [6.07, 6.45) is 1.80. The van der Waals surface area contributed by atoms with E-state index in [0.29, 0.717) is 12.0 Å². The summed E-state index contributed by atoms with van der Waals surface area (Å²) in [5.74, 6) is 0.670. The average Bonchev–Trinajstić information content (AvgIpc) is 1.88. The standard InChI is InChI=1S/C8H18N2/c1-5-9-6-10-8(4)7(2)3/h6-8H,5H2,1-4H3,(H,9,10). The summed E-state index contributed by atoms with van der Waals surface area (Å²) in [5, 5.41) is 3.19. The van der Waals surface area contributed by atoms with E-state index in [2.05, 4.69) is 31.1 Å². The van der Waals surface area contributed by atoms with Crippen LogP contribution in [0, 0.1) is 5.92 Å². The van der Waals surface area contributed by atoms with Crippen molar-refractivity contribution in [3.05, 3.63) is 0 Å². The van der Waals surface area contributed by atoms with Crippen LogP contribution in [-0.2, 0) is 0 Å². The van der Waals surface area contributed by atoms with Gasteiger partial charge in [-0.25, -0.2) is 0 Å². The molecule has 2 heteroatoms. The van der Waals surface area contributed by atoms with E-state index in [-0.39, 0.29) is 0 Å². The topological polar surface area (TPSA) is 24.4 Å². The molecular formula is C8H18N2. The van der Waals surface area contributed by atoms with Crippen LogP contribution in [0.2, 0.25) is 0 Å². The van der Waals surface area contributed by atoms with Gasteiger partial charge in [0.15, 0.2) is 0 Å². The smallest absolute Gasteiger partial charge is 0.0825 e. The first-order chi connectivity index (χ1) is 4.68. The minimum absolute atomic E-state index is 0.523. The Morgan fingerprint density at radius 2 is 2.00 bits per heavy atom. The van der Waals surface area contributed by atoms with Crippen molar-refractivity contribution < 1.29 is 0 Å². The molecule has 0 radical (unpaired) electrons. The molecule has 0 bridgehead atoms. The number of hydrogen-bond donors (Lipinski definition) is 1. The Labute approximate surface area is 63.7 Å². The third kappa shape index (κ3) is 4.36. The van der Waals surface area contributed by atoms with Gasteiger partial charge >= 0.3 is 0 Å². The lowest BCUT2D eigenvalue weighted by molar-refractivity contribution is 0.490. The summed E-state index contributed by atoms with van der Waals surface area (Å²) in [4.78, 5) is 4.06. The van der Waals surface area contributed by atoms with E-state index >= 15 is 0 Å². The number of rotatable bonds is 4. The SMILES string of the molecule is CCN=CNC(C)C(C)C. The van der Waals surface area contributed by atoms with Gasteiger partial charge in [-0.3, -0.25) is 4.99 Å². The molecule has 0 saturated heterocycles. The zero-order valence-corrected chi connectivity index (χ0v) is 7.39. The molecule has 1 atom stereocenters. The van der Waals surface area contributed by atoms with Crippen LogP contribution in [0.25, 0.3) is 0 Å². The van der Waals surface area contributed by atoms with E-state index in [9.17, 15) is 0 Å². The maximum atomic E-state index is 4.06. The maximum Gasteiger partial charge on any atom is 0.0825 e. The Kier molecular flexibility index (Phi) is 4.99. The summed E-state index contributed by atoms with van der Waals surface area (Å²) >= 11 is 0. The molecule has 0 heterocycles. The second kappa shape index (κ2) is 5.27. The molecule has 2 nitrogen and oxygen atoms in total. The summed E-state index contributed by atoms with van der Waals surface area (Å²) in [7, 11) is 0. The van der Waals surface area contributed by atoms with Crippen molar-refractivity contribution in [1.82, 2.24) is 5.32 Å². The zero-order chi connectivity index (χ0) is 7.98. The Hall–Kier alpha value is -0.530. The molecule has 60 valence electrons. The maximum absolute atomic E-state index is 4.06. The molecule has 0 saturated carbocycles. The Balaban J connectivity index is 3.38. The van der Waals surface area contributed by atoms with Crippen molar-refractivity contribution in [2.75, 3.05) is 6.54 Å². The fourth-order valence-corrected chi connectivity index (χ4v) is 0.454. The van der Waals surface area contributed by atoms with Crippen LogP contribution in [0.4, 0.5) is 0 Å². The van der Waals surface area contributed by atoms with Crippen LogP contribution < -0.4 is 5.32 Å². The molecule has 10 heavy (non-hydrogen) atoms. The lowest BCUT2D eigenvalue weighted by Crippen LogP contribution is -2.29. The van der Waals surface area contributed by atoms with Gasteiger partial charge in [0.2, 0.25) is 0 Å². The molecule has 0 aliphatic rings. The zero-order valence-electron chi connectivity index (χ0n) is 7.39. The van der Waals surface area contributed by atoms with Crippen LogP contribution >= 0.6 is 0 Å². The second-order valence-corrected chi connectivity index (χ2v) is 2.83. The number of nitrogens with zero attached hydrogens (tertiary/aromatic N) is 1. The minimum atomic E-state index is 0.523. The highest BCUT2D eigenvalue weighted by atomic mass is 15.0. The molecule has 1 N–H and O–H groups in total. The molecular weight excluding hydrogens is 124 g/mol. The predicted octanol–water partition coefficient (Wildman–Crippen LogP) is 1.67. The van der Waals surface area contributed by atoms with Crippen LogP contribution in [0.15, 0.2) is 4.99 Å². The fraction of sp³-hybridized carbons (Fsp3) is 0.875. The van der Waals surface area contributed by atoms with Gasteiger partial charge in [0, 0.05) is 12.6 Å². The molecule has 0 amide bonds. The quantitative estimate of drug-likeness (QED) is 0.468. The minimum Gasteiger partial charge on any atom is -0.374 e. The average molecular weight is 142 g/mol. The van der Waals surface area contributed by atoms with Gasteiger partial charge in [-0.1, -0.05) is 13.8 Å². The first-order valence-electron chi connectivity index (χ1n) is 3.92. The summed E-state index contributed by atoms with van der Waals surface area (Å²) in [6, 6.07) is 0.523. The van der Waals surface area contributed by atoms with Crippen molar-refractivity contribution in [3.63, 3.8) is 0 Å². The Morgan fingerprint density at radius 3 is 2.40 bits per heavy atom. The van der Waals surface area contributed by atoms with Crippen LogP contribution in [0.5, 0.6) is 0 Å². The highest BCUT2D eigenvalue weighted by molar-refractivity contribution is 5.54. The normalized spacial score (nSPS) is 14.5. The van der Waals surface area contributed by atoms with Crippen molar-refractivity contribution >= 4 is 6.34 Å². The van der Waals surface area contributed by atoms with Crippen molar-refractivity contribution in [2.24, 2.45) is 10.9 Å². The van der Waals surface area contributed by atoms with Gasteiger partial charge in [-0.15, -0.1) is 0 Å². The molecule has 0 aromatic carbocycles. The molecule has 0 fully saturated rings.